The van der Waals surface area contributed by atoms with E-state index in [1.54, 1.807) is 24.3 Å². The number of nitrogens with one attached hydrogen (secondary N) is 2. The number of aromatic amines is 1. The number of hydrogen-bond donors (Lipinski definition) is 3. The van der Waals surface area contributed by atoms with Crippen LogP contribution >= 0.6 is 0 Å². The molecule has 0 aliphatic heterocycles. The second-order valence-electron chi connectivity index (χ2n) is 5.99. The maximum Gasteiger partial charge on any atom is 0.252 e. The Morgan fingerprint density at radius 2 is 1.73 bits per heavy atom. The minimum absolute atomic E-state index is 0.0686. The number of carbonyl (C=O) groups is 2. The first-order valence-electron chi connectivity index (χ1n) is 8.02. The summed E-state index contributed by atoms with van der Waals surface area (Å²) in [4.78, 5) is 39.5. The van der Waals surface area contributed by atoms with Gasteiger partial charge in [-0.2, -0.15) is 0 Å². The summed E-state index contributed by atoms with van der Waals surface area (Å²) in [6.45, 7) is 0.0686. The van der Waals surface area contributed by atoms with Crippen LogP contribution in [-0.4, -0.2) is 21.8 Å². The lowest BCUT2D eigenvalue weighted by Crippen LogP contribution is -2.25. The molecule has 1 aromatic heterocycles. The Kier molecular flexibility index (Phi) is 3.65. The molecule has 3 aromatic rings. The molecule has 6 heteroatoms. The minimum Gasteiger partial charge on any atom is -0.503 e. The topological polar surface area (TPSA) is 99.3 Å². The van der Waals surface area contributed by atoms with Gasteiger partial charge in [0.05, 0.1) is 12.1 Å². The monoisotopic (exact) mass is 346 g/mol. The summed E-state index contributed by atoms with van der Waals surface area (Å²) in [5.41, 5.74) is 2.77. The quantitative estimate of drug-likeness (QED) is 0.530. The predicted molar refractivity (Wildman–Crippen MR) is 95.2 cm³/mol. The number of benzene rings is 2. The Labute approximate surface area is 148 Å². The van der Waals surface area contributed by atoms with Crippen molar-refractivity contribution in [3.05, 3.63) is 87.3 Å². The van der Waals surface area contributed by atoms with Crippen LogP contribution in [0.5, 0.6) is 5.75 Å². The molecule has 3 N–H and O–H groups in total. The summed E-state index contributed by atoms with van der Waals surface area (Å²) in [5, 5.41) is 11.9. The molecule has 0 fully saturated rings. The first-order valence-corrected chi connectivity index (χ1v) is 8.02. The lowest BCUT2D eigenvalue weighted by atomic mass is 10.0. The molecule has 0 atom stereocenters. The van der Waals surface area contributed by atoms with Crippen LogP contribution in [0.15, 0.2) is 59.5 Å². The number of carbonyl (C=O) groups excluding carboxylic acids is 2. The summed E-state index contributed by atoms with van der Waals surface area (Å²) in [6.07, 6.45) is 1.17. The zero-order valence-electron chi connectivity index (χ0n) is 13.6. The van der Waals surface area contributed by atoms with Crippen molar-refractivity contribution in [1.29, 1.82) is 0 Å². The molecule has 0 bridgehead atoms. The molecule has 0 saturated heterocycles. The third-order valence-corrected chi connectivity index (χ3v) is 4.39. The van der Waals surface area contributed by atoms with E-state index in [9.17, 15) is 19.5 Å². The number of aromatic nitrogens is 1. The van der Waals surface area contributed by atoms with Gasteiger partial charge in [-0.15, -0.1) is 0 Å². The third-order valence-electron chi connectivity index (χ3n) is 4.39. The van der Waals surface area contributed by atoms with E-state index in [-0.39, 0.29) is 18.1 Å². The van der Waals surface area contributed by atoms with Gasteiger partial charge in [-0.25, -0.2) is 0 Å². The molecule has 1 aliphatic rings. The third kappa shape index (κ3) is 2.48. The van der Waals surface area contributed by atoms with Crippen molar-refractivity contribution < 1.29 is 14.7 Å². The largest absolute Gasteiger partial charge is 0.503 e. The van der Waals surface area contributed by atoms with Gasteiger partial charge in [0.2, 0.25) is 5.43 Å². The van der Waals surface area contributed by atoms with E-state index in [1.807, 2.05) is 18.2 Å². The molecule has 0 radical (unpaired) electrons. The number of fused-ring (bicyclic) bond motifs is 3. The van der Waals surface area contributed by atoms with Crippen molar-refractivity contribution in [2.24, 2.45) is 0 Å². The van der Waals surface area contributed by atoms with E-state index < -0.39 is 11.3 Å². The fourth-order valence-electron chi connectivity index (χ4n) is 3.14. The van der Waals surface area contributed by atoms with Crippen LogP contribution < -0.4 is 10.7 Å². The van der Waals surface area contributed by atoms with Crippen LogP contribution in [0.1, 0.15) is 32.0 Å². The van der Waals surface area contributed by atoms with Crippen LogP contribution in [0.4, 0.5) is 0 Å². The Hall–Kier alpha value is -3.67. The summed E-state index contributed by atoms with van der Waals surface area (Å²) >= 11 is 0. The molecule has 1 heterocycles. The predicted octanol–water partition coefficient (Wildman–Crippen LogP) is 2.22. The van der Waals surface area contributed by atoms with Gasteiger partial charge in [0.15, 0.2) is 11.5 Å². The van der Waals surface area contributed by atoms with Crippen molar-refractivity contribution in [2.45, 2.75) is 6.54 Å². The van der Waals surface area contributed by atoms with E-state index in [0.29, 0.717) is 22.4 Å². The smallest absolute Gasteiger partial charge is 0.252 e. The van der Waals surface area contributed by atoms with Gasteiger partial charge in [0.25, 0.3) is 5.91 Å². The van der Waals surface area contributed by atoms with Gasteiger partial charge < -0.3 is 15.4 Å². The molecule has 26 heavy (non-hydrogen) atoms. The number of amides is 1. The maximum atomic E-state index is 12.7. The molecule has 1 amide bonds. The van der Waals surface area contributed by atoms with E-state index in [1.165, 1.54) is 12.3 Å². The lowest BCUT2D eigenvalue weighted by Gasteiger charge is -2.09. The molecular weight excluding hydrogens is 332 g/mol. The highest BCUT2D eigenvalue weighted by atomic mass is 16.3. The van der Waals surface area contributed by atoms with Crippen molar-refractivity contribution in [1.82, 2.24) is 10.3 Å². The Morgan fingerprint density at radius 1 is 1.00 bits per heavy atom. The van der Waals surface area contributed by atoms with Crippen molar-refractivity contribution >= 4 is 11.7 Å². The number of H-pyrrole nitrogens is 1. The number of ketones is 1. The van der Waals surface area contributed by atoms with E-state index in [4.69, 9.17) is 0 Å². The second kappa shape index (κ2) is 6.00. The molecule has 0 unspecified atom stereocenters. The van der Waals surface area contributed by atoms with Crippen LogP contribution in [0.25, 0.3) is 11.1 Å². The van der Waals surface area contributed by atoms with Crippen LogP contribution in [-0.2, 0) is 6.54 Å². The summed E-state index contributed by atoms with van der Waals surface area (Å²) < 4.78 is 0. The Morgan fingerprint density at radius 3 is 2.50 bits per heavy atom. The SMILES string of the molecule is O=C(NCc1cc(=O)c(O)c[nH]1)c1cccc2c1C(=O)c1ccccc1-2. The van der Waals surface area contributed by atoms with E-state index >= 15 is 0 Å². The van der Waals surface area contributed by atoms with Gasteiger partial charge in [-0.1, -0.05) is 36.4 Å². The van der Waals surface area contributed by atoms with Crippen molar-refractivity contribution in [3.63, 3.8) is 0 Å². The number of pyridine rings is 1. The standard InChI is InChI=1S/C20H14N2O4/c23-16-8-11(21-10-17(16)24)9-22-20(26)15-7-3-6-13-12-4-1-2-5-14(12)19(25)18(13)15/h1-8,10,24H,9H2,(H,21,23)(H,22,26). The zero-order chi connectivity index (χ0) is 18.3. The fourth-order valence-corrected chi connectivity index (χ4v) is 3.14. The zero-order valence-corrected chi connectivity index (χ0v) is 13.6. The summed E-state index contributed by atoms with van der Waals surface area (Å²) in [7, 11) is 0. The average Bonchev–Trinajstić information content (AvgIpc) is 2.95. The summed E-state index contributed by atoms with van der Waals surface area (Å²) in [6, 6.07) is 13.7. The molecule has 0 spiro atoms. The number of hydrogen-bond acceptors (Lipinski definition) is 4. The molecule has 4 rings (SSSR count). The molecule has 2 aromatic carbocycles. The van der Waals surface area contributed by atoms with Gasteiger partial charge in [-0.05, 0) is 17.2 Å². The van der Waals surface area contributed by atoms with E-state index in [0.717, 1.165) is 11.1 Å². The maximum absolute atomic E-state index is 12.7. The number of aromatic hydroxyl groups is 1. The molecule has 0 saturated carbocycles. The second-order valence-corrected chi connectivity index (χ2v) is 5.99. The molecule has 6 nitrogen and oxygen atoms in total. The van der Waals surface area contributed by atoms with Crippen molar-refractivity contribution in [3.8, 4) is 16.9 Å². The Balaban J connectivity index is 1.63. The lowest BCUT2D eigenvalue weighted by molar-refractivity contribution is 0.0940. The Bertz CT molecular complexity index is 1110. The molecule has 1 aliphatic carbocycles. The number of rotatable bonds is 3. The van der Waals surface area contributed by atoms with Crippen molar-refractivity contribution in [2.75, 3.05) is 0 Å². The van der Waals surface area contributed by atoms with Gasteiger partial charge >= 0.3 is 0 Å². The highest BCUT2D eigenvalue weighted by molar-refractivity contribution is 6.25. The highest BCUT2D eigenvalue weighted by Gasteiger charge is 2.30. The van der Waals surface area contributed by atoms with Gasteiger partial charge in [0.1, 0.15) is 0 Å². The van der Waals surface area contributed by atoms with Crippen LogP contribution in [0.3, 0.4) is 0 Å². The fraction of sp³-hybridized carbons (Fsp3) is 0.0500. The highest BCUT2D eigenvalue weighted by Crippen LogP contribution is 2.37. The van der Waals surface area contributed by atoms with Crippen LogP contribution in [0, 0.1) is 0 Å². The van der Waals surface area contributed by atoms with E-state index in [2.05, 4.69) is 10.3 Å². The first-order chi connectivity index (χ1) is 12.6. The molecule has 128 valence electrons. The van der Waals surface area contributed by atoms with Crippen LogP contribution in [0.2, 0.25) is 0 Å². The normalized spacial score (nSPS) is 11.8. The van der Waals surface area contributed by atoms with Gasteiger partial charge in [0, 0.05) is 29.1 Å². The summed E-state index contributed by atoms with van der Waals surface area (Å²) in [5.74, 6) is -0.958. The average molecular weight is 346 g/mol. The minimum atomic E-state index is -0.528. The molecular formula is C20H14N2O4. The first kappa shape index (κ1) is 15.8. The van der Waals surface area contributed by atoms with Gasteiger partial charge in [-0.3, -0.25) is 14.4 Å².